The lowest BCUT2D eigenvalue weighted by Gasteiger charge is -2.12. The van der Waals surface area contributed by atoms with Gasteiger partial charge in [0.15, 0.2) is 5.52 Å². The first-order valence-electron chi connectivity index (χ1n) is 14.1. The maximum absolute atomic E-state index is 14.1. The van der Waals surface area contributed by atoms with Crippen LogP contribution in [0.2, 0.25) is 0 Å². The van der Waals surface area contributed by atoms with Gasteiger partial charge in [0.05, 0.1) is 23.3 Å². The van der Waals surface area contributed by atoms with Crippen LogP contribution >= 0.6 is 0 Å². The maximum Gasteiger partial charge on any atom is 0.345 e. The van der Waals surface area contributed by atoms with Gasteiger partial charge < -0.3 is 9.30 Å². The number of esters is 1. The van der Waals surface area contributed by atoms with Crippen molar-refractivity contribution in [1.29, 1.82) is 0 Å². The summed E-state index contributed by atoms with van der Waals surface area (Å²) in [6.45, 7) is 2.47. The molecule has 0 N–H and O–H groups in total. The molecule has 0 aliphatic heterocycles. The van der Waals surface area contributed by atoms with Crippen LogP contribution in [0.25, 0.3) is 60.5 Å². The molecule has 4 heterocycles. The second-order valence-corrected chi connectivity index (χ2v) is 10.5. The van der Waals surface area contributed by atoms with Gasteiger partial charge in [-0.15, -0.1) is 0 Å². The average Bonchev–Trinajstić information content (AvgIpc) is 3.62. The van der Waals surface area contributed by atoms with Crippen molar-refractivity contribution in [3.8, 4) is 5.69 Å². The molecule has 4 aromatic carbocycles. The van der Waals surface area contributed by atoms with Gasteiger partial charge in [-0.1, -0.05) is 74.0 Å². The predicted molar refractivity (Wildman–Crippen MR) is 163 cm³/mol. The molecule has 8 aromatic rings. The van der Waals surface area contributed by atoms with Crippen LogP contribution in [0.1, 0.15) is 30.1 Å². The Kier molecular flexibility index (Phi) is 5.29. The minimum absolute atomic E-state index is 0.333. The molecule has 0 atom stereocenters. The number of fused-ring (bicyclic) bond motifs is 10. The van der Waals surface area contributed by atoms with Crippen molar-refractivity contribution in [3.05, 3.63) is 115 Å². The Morgan fingerprint density at radius 3 is 2.41 bits per heavy atom. The Morgan fingerprint density at radius 2 is 1.56 bits per heavy atom. The number of ether oxygens (including phenoxy) is 1. The van der Waals surface area contributed by atoms with Crippen LogP contribution in [0, 0.1) is 0 Å². The number of unbranched alkanes of at least 4 members (excludes halogenated alkanes) is 1. The minimum atomic E-state index is -0.333. The van der Waals surface area contributed by atoms with Crippen molar-refractivity contribution in [1.82, 2.24) is 14.1 Å². The number of hydrogen-bond donors (Lipinski definition) is 0. The lowest BCUT2D eigenvalue weighted by molar-refractivity contribution is -0.549. The third-order valence-electron chi connectivity index (χ3n) is 8.03. The Morgan fingerprint density at radius 1 is 0.805 bits per heavy atom. The summed E-state index contributed by atoms with van der Waals surface area (Å²) in [7, 11) is 0. The van der Waals surface area contributed by atoms with Crippen LogP contribution in [0.4, 0.5) is 0 Å². The first kappa shape index (κ1) is 23.6. The normalized spacial score (nSPS) is 11.9. The highest BCUT2D eigenvalue weighted by Gasteiger charge is 2.30. The van der Waals surface area contributed by atoms with Gasteiger partial charge in [0.25, 0.3) is 11.0 Å². The number of aromatic nitrogens is 4. The molecule has 6 nitrogen and oxygen atoms in total. The second-order valence-electron chi connectivity index (χ2n) is 10.5. The quantitative estimate of drug-likeness (QED) is 0.0757. The standard InChI is InChI=1S/C35H27N4O2/c1-2-3-21-41-35(40)32-25-13-10-18-30(37-20-19-23-11-4-6-14-26(23)37)33(25)36-39-29-17-9-8-16-28(29)38-27-15-7-5-12-24(27)22-31(38)34(32)39/h4-20,22H,2-3,21H2,1H3/q+1. The first-order chi connectivity index (χ1) is 20.2. The van der Waals surface area contributed by atoms with E-state index in [2.05, 4.69) is 76.7 Å². The van der Waals surface area contributed by atoms with E-state index in [-0.39, 0.29) is 5.97 Å². The third-order valence-corrected chi connectivity index (χ3v) is 8.03. The molecule has 0 bridgehead atoms. The van der Waals surface area contributed by atoms with Crippen molar-refractivity contribution in [3.63, 3.8) is 0 Å². The first-order valence-corrected chi connectivity index (χ1v) is 14.1. The topological polar surface area (TPSA) is 52.6 Å². The summed E-state index contributed by atoms with van der Waals surface area (Å²) in [5, 5.41) is 8.31. The number of rotatable bonds is 5. The van der Waals surface area contributed by atoms with E-state index < -0.39 is 0 Å². The fourth-order valence-electron chi connectivity index (χ4n) is 6.13. The van der Waals surface area contributed by atoms with Gasteiger partial charge in [-0.3, -0.25) is 4.40 Å². The van der Waals surface area contributed by atoms with Crippen LogP contribution in [0.15, 0.2) is 109 Å². The third kappa shape index (κ3) is 3.47. The Hall–Kier alpha value is -5.23. The van der Waals surface area contributed by atoms with E-state index in [1.807, 2.05) is 53.0 Å². The van der Waals surface area contributed by atoms with E-state index in [0.29, 0.717) is 12.2 Å². The monoisotopic (exact) mass is 535 g/mol. The molecule has 0 saturated carbocycles. The zero-order valence-electron chi connectivity index (χ0n) is 22.6. The molecular formula is C35H27N4O2+. The van der Waals surface area contributed by atoms with E-state index in [1.165, 1.54) is 0 Å². The van der Waals surface area contributed by atoms with Crippen LogP contribution < -0.4 is 4.52 Å². The summed E-state index contributed by atoms with van der Waals surface area (Å²) in [4.78, 5) is 14.1. The Balaban J connectivity index is 1.58. The summed E-state index contributed by atoms with van der Waals surface area (Å²) in [5.41, 5.74) is 7.92. The molecule has 0 saturated heterocycles. The molecule has 41 heavy (non-hydrogen) atoms. The molecular weight excluding hydrogens is 508 g/mol. The summed E-state index contributed by atoms with van der Waals surface area (Å²) >= 11 is 0. The van der Waals surface area contributed by atoms with Gasteiger partial charge in [0, 0.05) is 28.1 Å². The van der Waals surface area contributed by atoms with E-state index >= 15 is 0 Å². The Labute approximate surface area is 235 Å². The SMILES string of the molecule is CCCCOC(=O)c1c2cccc(-n3ccc4ccccc43)c2n[n+]2c3ccccc3n3c4ccccc4cc3c12. The molecule has 198 valence electrons. The average molecular weight is 536 g/mol. The number of para-hydroxylation sites is 4. The molecule has 8 rings (SSSR count). The summed E-state index contributed by atoms with van der Waals surface area (Å²) < 4.78 is 12.3. The van der Waals surface area contributed by atoms with E-state index in [4.69, 9.17) is 9.84 Å². The number of nitrogens with zero attached hydrogens (tertiary/aromatic N) is 4. The van der Waals surface area contributed by atoms with Crippen molar-refractivity contribution in [2.75, 3.05) is 6.61 Å². The Bertz CT molecular complexity index is 2310. The minimum Gasteiger partial charge on any atom is -0.462 e. The summed E-state index contributed by atoms with van der Waals surface area (Å²) in [5.74, 6) is -0.333. The van der Waals surface area contributed by atoms with E-state index in [9.17, 15) is 4.79 Å². The lowest BCUT2D eigenvalue weighted by Crippen LogP contribution is -2.32. The fourth-order valence-corrected chi connectivity index (χ4v) is 6.13. The molecule has 0 fully saturated rings. The molecule has 6 heteroatoms. The smallest absolute Gasteiger partial charge is 0.345 e. The molecule has 0 spiro atoms. The highest BCUT2D eigenvalue weighted by Crippen LogP contribution is 2.33. The molecule has 0 aliphatic carbocycles. The lowest BCUT2D eigenvalue weighted by atomic mass is 10.1. The molecule has 0 radical (unpaired) electrons. The van der Waals surface area contributed by atoms with Gasteiger partial charge in [0.1, 0.15) is 16.6 Å². The second kappa shape index (κ2) is 9.17. The van der Waals surface area contributed by atoms with Gasteiger partial charge in [-0.2, -0.15) is 0 Å². The fraction of sp³-hybridized carbons (Fsp3) is 0.114. The van der Waals surface area contributed by atoms with Gasteiger partial charge in [0.2, 0.25) is 0 Å². The molecule has 4 aromatic heterocycles. The van der Waals surface area contributed by atoms with E-state index in [1.54, 1.807) is 0 Å². The zero-order valence-corrected chi connectivity index (χ0v) is 22.6. The van der Waals surface area contributed by atoms with Crippen LogP contribution in [-0.4, -0.2) is 26.6 Å². The van der Waals surface area contributed by atoms with Crippen molar-refractivity contribution < 1.29 is 14.0 Å². The largest absolute Gasteiger partial charge is 0.462 e. The number of hydrogen-bond acceptors (Lipinski definition) is 3. The van der Waals surface area contributed by atoms with Crippen LogP contribution in [0.5, 0.6) is 0 Å². The van der Waals surface area contributed by atoms with Crippen molar-refractivity contribution >= 4 is 60.7 Å². The maximum atomic E-state index is 14.1. The molecule has 0 aliphatic rings. The number of carbonyl (C=O) groups excluding carboxylic acids is 1. The number of benzene rings is 4. The van der Waals surface area contributed by atoms with Gasteiger partial charge in [-0.25, -0.2) is 4.79 Å². The molecule has 0 unspecified atom stereocenters. The van der Waals surface area contributed by atoms with Gasteiger partial charge >= 0.3 is 5.97 Å². The van der Waals surface area contributed by atoms with Gasteiger partial charge in [-0.05, 0) is 52.7 Å². The van der Waals surface area contributed by atoms with Crippen molar-refractivity contribution in [2.45, 2.75) is 19.8 Å². The van der Waals surface area contributed by atoms with Crippen LogP contribution in [0.3, 0.4) is 0 Å². The highest BCUT2D eigenvalue weighted by atomic mass is 16.5. The van der Waals surface area contributed by atoms with Crippen molar-refractivity contribution in [2.24, 2.45) is 0 Å². The number of carbonyl (C=O) groups is 1. The van der Waals surface area contributed by atoms with Crippen LogP contribution in [-0.2, 0) is 4.74 Å². The zero-order chi connectivity index (χ0) is 27.5. The molecule has 0 amide bonds. The highest BCUT2D eigenvalue weighted by molar-refractivity contribution is 6.14. The van der Waals surface area contributed by atoms with E-state index in [0.717, 1.165) is 73.3 Å². The summed E-state index contributed by atoms with van der Waals surface area (Å²) in [6.07, 6.45) is 3.83. The predicted octanol–water partition coefficient (Wildman–Crippen LogP) is 7.43. The summed E-state index contributed by atoms with van der Waals surface area (Å²) in [6, 6.07) is 35.1.